The second kappa shape index (κ2) is 6.02. The molecule has 2 nitrogen and oxygen atoms in total. The van der Waals surface area contributed by atoms with Crippen molar-refractivity contribution < 1.29 is 9.53 Å². The first-order valence-corrected chi connectivity index (χ1v) is 5.15. The van der Waals surface area contributed by atoms with E-state index in [4.69, 9.17) is 4.74 Å². The molecule has 0 spiro atoms. The van der Waals surface area contributed by atoms with Crippen molar-refractivity contribution in [1.29, 1.82) is 0 Å². The molecule has 0 saturated heterocycles. The molecular formula is C13H16O2. The van der Waals surface area contributed by atoms with Crippen LogP contribution >= 0.6 is 0 Å². The Balaban J connectivity index is 2.63. The largest absolute Gasteiger partial charge is 0.462 e. The van der Waals surface area contributed by atoms with E-state index >= 15 is 0 Å². The Kier molecular flexibility index (Phi) is 4.61. The summed E-state index contributed by atoms with van der Waals surface area (Å²) in [4.78, 5) is 11.3. The fourth-order valence-electron chi connectivity index (χ4n) is 1.29. The predicted octanol–water partition coefficient (Wildman–Crippen LogP) is 2.98. The molecule has 80 valence electrons. The zero-order valence-corrected chi connectivity index (χ0v) is 9.03. The van der Waals surface area contributed by atoms with Crippen molar-refractivity contribution in [3.63, 3.8) is 0 Å². The molecule has 0 fully saturated rings. The summed E-state index contributed by atoms with van der Waals surface area (Å²) in [6, 6.07) is 7.51. The van der Waals surface area contributed by atoms with Crippen molar-refractivity contribution in [2.75, 3.05) is 6.61 Å². The molecule has 15 heavy (non-hydrogen) atoms. The second-order valence-corrected chi connectivity index (χ2v) is 3.24. The number of hydrogen-bond donors (Lipinski definition) is 0. The summed E-state index contributed by atoms with van der Waals surface area (Å²) in [7, 11) is 0. The van der Waals surface area contributed by atoms with Crippen LogP contribution in [0.5, 0.6) is 0 Å². The van der Waals surface area contributed by atoms with Crippen LogP contribution in [0.4, 0.5) is 0 Å². The van der Waals surface area contributed by atoms with Gasteiger partial charge in [-0.25, -0.2) is 4.79 Å². The van der Waals surface area contributed by atoms with Crippen molar-refractivity contribution in [2.24, 2.45) is 0 Å². The van der Waals surface area contributed by atoms with E-state index in [9.17, 15) is 4.79 Å². The highest BCUT2D eigenvalue weighted by Crippen LogP contribution is 2.08. The average Bonchev–Trinajstić information content (AvgIpc) is 2.27. The minimum absolute atomic E-state index is 0.257. The Hall–Kier alpha value is -1.57. The maximum absolute atomic E-state index is 11.3. The third-order valence-electron chi connectivity index (χ3n) is 2.10. The Labute approximate surface area is 90.6 Å². The van der Waals surface area contributed by atoms with Crippen LogP contribution in [0.2, 0.25) is 0 Å². The topological polar surface area (TPSA) is 26.3 Å². The number of carbonyl (C=O) groups excluding carboxylic acids is 1. The minimum atomic E-state index is -0.257. The lowest BCUT2D eigenvalue weighted by Gasteiger charge is -2.03. The number of ether oxygens (including phenoxy) is 1. The molecule has 0 aliphatic rings. The molecule has 0 aromatic heterocycles. The van der Waals surface area contributed by atoms with Gasteiger partial charge in [0, 0.05) is 0 Å². The van der Waals surface area contributed by atoms with E-state index in [-0.39, 0.29) is 5.97 Å². The van der Waals surface area contributed by atoms with Gasteiger partial charge in [-0.2, -0.15) is 0 Å². The Morgan fingerprint density at radius 3 is 2.60 bits per heavy atom. The van der Waals surface area contributed by atoms with Crippen molar-refractivity contribution >= 4 is 5.97 Å². The number of carbonyl (C=O) groups is 1. The van der Waals surface area contributed by atoms with E-state index in [2.05, 4.69) is 6.58 Å². The number of esters is 1. The number of hydrogen-bond acceptors (Lipinski definition) is 2. The van der Waals surface area contributed by atoms with E-state index in [0.29, 0.717) is 12.2 Å². The average molecular weight is 204 g/mol. The zero-order valence-electron chi connectivity index (χ0n) is 9.03. The molecular weight excluding hydrogens is 188 g/mol. The number of rotatable bonds is 5. The van der Waals surface area contributed by atoms with E-state index in [1.54, 1.807) is 19.1 Å². The lowest BCUT2D eigenvalue weighted by molar-refractivity contribution is 0.0526. The second-order valence-electron chi connectivity index (χ2n) is 3.24. The first kappa shape index (κ1) is 11.5. The Morgan fingerprint density at radius 1 is 1.40 bits per heavy atom. The third kappa shape index (κ3) is 3.58. The van der Waals surface area contributed by atoms with E-state index in [0.717, 1.165) is 12.8 Å². The van der Waals surface area contributed by atoms with E-state index in [1.807, 2.05) is 18.2 Å². The summed E-state index contributed by atoms with van der Waals surface area (Å²) < 4.78 is 4.89. The third-order valence-corrected chi connectivity index (χ3v) is 2.10. The van der Waals surface area contributed by atoms with Crippen LogP contribution in [0.3, 0.4) is 0 Å². The van der Waals surface area contributed by atoms with Crippen LogP contribution in [-0.2, 0) is 11.2 Å². The molecule has 0 heterocycles. The van der Waals surface area contributed by atoms with Crippen LogP contribution in [0.15, 0.2) is 36.9 Å². The summed E-state index contributed by atoms with van der Waals surface area (Å²) in [6.07, 6.45) is 3.81. The van der Waals surface area contributed by atoms with Gasteiger partial charge in [0.2, 0.25) is 0 Å². The normalized spacial score (nSPS) is 9.67. The molecule has 0 amide bonds. The molecule has 0 unspecified atom stereocenters. The van der Waals surface area contributed by atoms with Crippen LogP contribution < -0.4 is 0 Å². The summed E-state index contributed by atoms with van der Waals surface area (Å²) in [5.41, 5.74) is 1.82. The lowest BCUT2D eigenvalue weighted by Crippen LogP contribution is -2.04. The molecule has 0 saturated carbocycles. The van der Waals surface area contributed by atoms with Gasteiger partial charge in [0.1, 0.15) is 0 Å². The smallest absolute Gasteiger partial charge is 0.338 e. The monoisotopic (exact) mass is 204 g/mol. The van der Waals surface area contributed by atoms with Crippen LogP contribution in [0, 0.1) is 0 Å². The van der Waals surface area contributed by atoms with E-state index < -0.39 is 0 Å². The molecule has 0 bridgehead atoms. The van der Waals surface area contributed by atoms with Gasteiger partial charge in [0.25, 0.3) is 0 Å². The quantitative estimate of drug-likeness (QED) is 0.544. The molecule has 2 heteroatoms. The molecule has 0 N–H and O–H groups in total. The first-order chi connectivity index (χ1) is 7.27. The van der Waals surface area contributed by atoms with Gasteiger partial charge in [-0.05, 0) is 37.5 Å². The maximum atomic E-state index is 11.3. The summed E-state index contributed by atoms with van der Waals surface area (Å²) in [6.45, 7) is 5.89. The molecule has 0 atom stereocenters. The minimum Gasteiger partial charge on any atom is -0.462 e. The highest BCUT2D eigenvalue weighted by molar-refractivity contribution is 5.89. The highest BCUT2D eigenvalue weighted by atomic mass is 16.5. The molecule has 1 rings (SSSR count). The lowest BCUT2D eigenvalue weighted by atomic mass is 10.1. The fourth-order valence-corrected chi connectivity index (χ4v) is 1.29. The molecule has 0 aliphatic carbocycles. The van der Waals surface area contributed by atoms with Gasteiger partial charge in [-0.1, -0.05) is 18.2 Å². The number of benzene rings is 1. The first-order valence-electron chi connectivity index (χ1n) is 5.15. The Morgan fingerprint density at radius 2 is 2.07 bits per heavy atom. The SMILES string of the molecule is C=CCCc1ccc(C(=O)OCC)cc1. The van der Waals surface area contributed by atoms with Gasteiger partial charge in [0.15, 0.2) is 0 Å². The van der Waals surface area contributed by atoms with Crippen molar-refractivity contribution in [3.8, 4) is 0 Å². The number of allylic oxidation sites excluding steroid dienone is 1. The number of aryl methyl sites for hydroxylation is 1. The maximum Gasteiger partial charge on any atom is 0.338 e. The van der Waals surface area contributed by atoms with Crippen molar-refractivity contribution in [1.82, 2.24) is 0 Å². The van der Waals surface area contributed by atoms with Crippen LogP contribution in [0.25, 0.3) is 0 Å². The standard InChI is InChI=1S/C13H16O2/c1-3-5-6-11-7-9-12(10-8-11)13(14)15-4-2/h3,7-10H,1,4-6H2,2H3. The van der Waals surface area contributed by atoms with Crippen molar-refractivity contribution in [2.45, 2.75) is 19.8 Å². The zero-order chi connectivity index (χ0) is 11.1. The fraction of sp³-hybridized carbons (Fsp3) is 0.308. The molecule has 1 aromatic rings. The summed E-state index contributed by atoms with van der Waals surface area (Å²) in [5.74, 6) is -0.257. The molecule has 0 aliphatic heterocycles. The van der Waals surface area contributed by atoms with Gasteiger partial charge < -0.3 is 4.74 Å². The molecule has 0 radical (unpaired) electrons. The summed E-state index contributed by atoms with van der Waals surface area (Å²) in [5, 5.41) is 0. The molecule has 1 aromatic carbocycles. The van der Waals surface area contributed by atoms with Crippen LogP contribution in [-0.4, -0.2) is 12.6 Å². The van der Waals surface area contributed by atoms with Gasteiger partial charge in [0.05, 0.1) is 12.2 Å². The van der Waals surface area contributed by atoms with E-state index in [1.165, 1.54) is 5.56 Å². The predicted molar refractivity (Wildman–Crippen MR) is 60.9 cm³/mol. The Bertz CT molecular complexity index is 325. The highest BCUT2D eigenvalue weighted by Gasteiger charge is 2.04. The van der Waals surface area contributed by atoms with Crippen molar-refractivity contribution in [3.05, 3.63) is 48.0 Å². The van der Waals surface area contributed by atoms with Gasteiger partial charge in [-0.3, -0.25) is 0 Å². The van der Waals surface area contributed by atoms with Gasteiger partial charge >= 0.3 is 5.97 Å². The van der Waals surface area contributed by atoms with Crippen LogP contribution in [0.1, 0.15) is 29.3 Å². The summed E-state index contributed by atoms with van der Waals surface area (Å²) >= 11 is 0. The van der Waals surface area contributed by atoms with Gasteiger partial charge in [-0.15, -0.1) is 6.58 Å².